The summed E-state index contributed by atoms with van der Waals surface area (Å²) in [7, 11) is 1.55. The molecule has 29 heavy (non-hydrogen) atoms. The van der Waals surface area contributed by atoms with E-state index in [2.05, 4.69) is 0 Å². The Kier molecular flexibility index (Phi) is 4.92. The van der Waals surface area contributed by atoms with Gasteiger partial charge in [-0.25, -0.2) is 9.69 Å². The van der Waals surface area contributed by atoms with E-state index >= 15 is 0 Å². The van der Waals surface area contributed by atoms with Crippen molar-refractivity contribution in [2.45, 2.75) is 25.4 Å². The normalized spacial score (nSPS) is 28.5. The highest BCUT2D eigenvalue weighted by molar-refractivity contribution is 7.10. The maximum atomic E-state index is 13.4. The number of thiophene rings is 1. The molecule has 0 bridgehead atoms. The second kappa shape index (κ2) is 7.27. The van der Waals surface area contributed by atoms with Crippen molar-refractivity contribution in [3.63, 3.8) is 0 Å². The summed E-state index contributed by atoms with van der Waals surface area (Å²) in [6.07, 6.45) is 0. The van der Waals surface area contributed by atoms with Gasteiger partial charge in [0.15, 0.2) is 0 Å². The van der Waals surface area contributed by atoms with Crippen LogP contribution in [-0.4, -0.2) is 37.0 Å². The summed E-state index contributed by atoms with van der Waals surface area (Å²) in [6, 6.07) is 10.3. The number of carbonyl (C=O) groups excluding carboxylic acids is 3. The highest BCUT2D eigenvalue weighted by atomic mass is 32.1. The minimum absolute atomic E-state index is 0.216. The van der Waals surface area contributed by atoms with E-state index in [0.29, 0.717) is 11.4 Å². The smallest absolute Gasteiger partial charge is 0.368 e. The molecule has 2 amide bonds. The summed E-state index contributed by atoms with van der Waals surface area (Å²) in [6.45, 7) is 3.66. The molecule has 0 unspecified atom stereocenters. The number of rotatable bonds is 5. The average molecular weight is 415 g/mol. The van der Waals surface area contributed by atoms with E-state index in [1.165, 1.54) is 16.2 Å². The third-order valence-electron chi connectivity index (χ3n) is 5.83. The van der Waals surface area contributed by atoms with Crippen LogP contribution in [0, 0.1) is 11.8 Å². The van der Waals surface area contributed by atoms with Crippen molar-refractivity contribution < 1.29 is 29.2 Å². The minimum Gasteiger partial charge on any atom is -0.497 e. The van der Waals surface area contributed by atoms with Gasteiger partial charge in [0.2, 0.25) is 17.4 Å². The van der Waals surface area contributed by atoms with Crippen molar-refractivity contribution in [3.8, 4) is 5.75 Å². The Bertz CT molecular complexity index is 942. The lowest BCUT2D eigenvalue weighted by molar-refractivity contribution is -0.730. The summed E-state index contributed by atoms with van der Waals surface area (Å²) >= 11 is 1.52. The molecule has 2 aliphatic heterocycles. The molecule has 7 nitrogen and oxygen atoms in total. The van der Waals surface area contributed by atoms with Crippen molar-refractivity contribution in [1.82, 2.24) is 0 Å². The summed E-state index contributed by atoms with van der Waals surface area (Å²) in [5, 5.41) is 3.77. The van der Waals surface area contributed by atoms with E-state index in [-0.39, 0.29) is 24.5 Å². The zero-order valence-corrected chi connectivity index (χ0v) is 17.3. The van der Waals surface area contributed by atoms with Gasteiger partial charge < -0.3 is 14.8 Å². The number of ether oxygens (including phenoxy) is 2. The van der Waals surface area contributed by atoms with E-state index in [1.807, 2.05) is 22.8 Å². The second-order valence-corrected chi connectivity index (χ2v) is 8.40. The number of imide groups is 1. The molecule has 2 saturated heterocycles. The van der Waals surface area contributed by atoms with Crippen LogP contribution in [0.2, 0.25) is 0 Å². The monoisotopic (exact) mass is 415 g/mol. The van der Waals surface area contributed by atoms with Gasteiger partial charge in [0, 0.05) is 6.92 Å². The number of nitrogens with two attached hydrogens (primary N) is 1. The topological polar surface area (TPSA) is 89.5 Å². The molecular weight excluding hydrogens is 392 g/mol. The number of hydrogen-bond donors (Lipinski definition) is 1. The number of carbonyl (C=O) groups is 3. The molecule has 1 aromatic carbocycles. The lowest BCUT2D eigenvalue weighted by Gasteiger charge is -2.26. The molecule has 152 valence electrons. The van der Waals surface area contributed by atoms with Gasteiger partial charge in [0.1, 0.15) is 23.6 Å². The maximum Gasteiger partial charge on any atom is 0.368 e. The molecule has 0 spiro atoms. The number of nitrogens with zero attached hydrogens (tertiary/aromatic N) is 1. The van der Waals surface area contributed by atoms with E-state index < -0.39 is 23.3 Å². The standard InChI is InChI=1S/C21H22N2O5S/c1-4-28-20(26)21(2)16-15(17(22-21)14-6-5-11-29-14)18(24)23(19(16)25)12-7-9-13(27-3)10-8-12/h5-11,15-17,22H,4H2,1-3H3/p+1/t15-,16+,17-,21+/m0/s1. The van der Waals surface area contributed by atoms with Crippen molar-refractivity contribution >= 4 is 34.8 Å². The number of hydrogen-bond acceptors (Lipinski definition) is 6. The lowest BCUT2D eigenvalue weighted by atomic mass is 9.81. The predicted molar refractivity (Wildman–Crippen MR) is 106 cm³/mol. The van der Waals surface area contributed by atoms with Gasteiger partial charge in [-0.3, -0.25) is 9.59 Å². The number of quaternary nitrogens is 1. The number of methoxy groups -OCH3 is 1. The Hall–Kier alpha value is -2.71. The summed E-state index contributed by atoms with van der Waals surface area (Å²) < 4.78 is 10.5. The highest BCUT2D eigenvalue weighted by Crippen LogP contribution is 2.46. The minimum atomic E-state index is -1.16. The molecule has 4 atom stereocenters. The first-order chi connectivity index (χ1) is 13.9. The second-order valence-electron chi connectivity index (χ2n) is 7.42. The lowest BCUT2D eigenvalue weighted by Crippen LogP contribution is -2.97. The van der Waals surface area contributed by atoms with Crippen LogP contribution in [0.15, 0.2) is 41.8 Å². The van der Waals surface area contributed by atoms with E-state index in [9.17, 15) is 14.4 Å². The Morgan fingerprint density at radius 3 is 2.52 bits per heavy atom. The van der Waals surface area contributed by atoms with Crippen LogP contribution in [0.1, 0.15) is 24.8 Å². The fourth-order valence-corrected chi connectivity index (χ4v) is 5.31. The van der Waals surface area contributed by atoms with Crippen LogP contribution >= 0.6 is 11.3 Å². The summed E-state index contributed by atoms with van der Waals surface area (Å²) in [5.41, 5.74) is -0.685. The summed E-state index contributed by atoms with van der Waals surface area (Å²) in [5.74, 6) is -1.90. The van der Waals surface area contributed by atoms with Gasteiger partial charge in [-0.2, -0.15) is 0 Å². The number of amides is 2. The Labute approximate surface area is 172 Å². The van der Waals surface area contributed by atoms with Crippen molar-refractivity contribution in [2.24, 2.45) is 11.8 Å². The highest BCUT2D eigenvalue weighted by Gasteiger charge is 2.71. The number of fused-ring (bicyclic) bond motifs is 1. The number of benzene rings is 1. The van der Waals surface area contributed by atoms with E-state index in [0.717, 1.165) is 4.88 Å². The molecule has 1 aromatic heterocycles. The summed E-state index contributed by atoms with van der Waals surface area (Å²) in [4.78, 5) is 41.9. The maximum absolute atomic E-state index is 13.4. The Morgan fingerprint density at radius 1 is 1.21 bits per heavy atom. The van der Waals surface area contributed by atoms with Crippen LogP contribution in [0.25, 0.3) is 0 Å². The van der Waals surface area contributed by atoms with Crippen LogP contribution in [0.5, 0.6) is 5.75 Å². The van der Waals surface area contributed by atoms with Crippen LogP contribution in [-0.2, 0) is 19.1 Å². The third kappa shape index (κ3) is 2.94. The Balaban J connectivity index is 1.77. The molecule has 2 aromatic rings. The van der Waals surface area contributed by atoms with Crippen molar-refractivity contribution in [1.29, 1.82) is 0 Å². The Morgan fingerprint density at radius 2 is 1.93 bits per heavy atom. The van der Waals surface area contributed by atoms with Crippen LogP contribution in [0.3, 0.4) is 0 Å². The molecule has 2 fully saturated rings. The first kappa shape index (κ1) is 19.6. The van der Waals surface area contributed by atoms with E-state index in [4.69, 9.17) is 9.47 Å². The molecule has 0 radical (unpaired) electrons. The van der Waals surface area contributed by atoms with Gasteiger partial charge in [-0.1, -0.05) is 6.07 Å². The van der Waals surface area contributed by atoms with Crippen molar-refractivity contribution in [3.05, 3.63) is 46.7 Å². The van der Waals surface area contributed by atoms with Crippen LogP contribution < -0.4 is 15.0 Å². The molecule has 3 heterocycles. The largest absolute Gasteiger partial charge is 0.497 e. The van der Waals surface area contributed by atoms with Gasteiger partial charge >= 0.3 is 5.97 Å². The van der Waals surface area contributed by atoms with Gasteiger partial charge in [0.25, 0.3) is 0 Å². The van der Waals surface area contributed by atoms with Gasteiger partial charge in [0.05, 0.1) is 24.3 Å². The van der Waals surface area contributed by atoms with Crippen LogP contribution in [0.4, 0.5) is 5.69 Å². The van der Waals surface area contributed by atoms with Crippen molar-refractivity contribution in [2.75, 3.05) is 18.6 Å². The quantitative estimate of drug-likeness (QED) is 0.591. The number of esters is 1. The molecule has 2 N–H and O–H groups in total. The molecular formula is C21H23N2O5S+. The third-order valence-corrected chi connectivity index (χ3v) is 6.80. The fraction of sp³-hybridized carbons (Fsp3) is 0.381. The van der Waals surface area contributed by atoms with Gasteiger partial charge in [-0.05, 0) is 42.6 Å². The molecule has 0 aliphatic carbocycles. The molecule has 0 saturated carbocycles. The first-order valence-corrected chi connectivity index (χ1v) is 10.4. The SMILES string of the molecule is CCOC(=O)[C@]1(C)[NH2+][C@@H](c2cccs2)[C@H]2C(=O)N(c3ccc(OC)cc3)C(=O)[C@@H]21. The molecule has 2 aliphatic rings. The predicted octanol–water partition coefficient (Wildman–Crippen LogP) is 1.50. The molecule has 4 rings (SSSR count). The molecule has 8 heteroatoms. The first-order valence-electron chi connectivity index (χ1n) is 9.51. The fourth-order valence-electron chi connectivity index (χ4n) is 4.47. The van der Waals surface area contributed by atoms with E-state index in [1.54, 1.807) is 45.2 Å². The average Bonchev–Trinajstić information content (AvgIpc) is 3.40. The number of anilines is 1. The zero-order chi connectivity index (χ0) is 20.8. The van der Waals surface area contributed by atoms with Gasteiger partial charge in [-0.15, -0.1) is 11.3 Å². The zero-order valence-electron chi connectivity index (χ0n) is 16.5.